The fraction of sp³-hybridized carbons (Fsp3) is 0.600. The summed E-state index contributed by atoms with van der Waals surface area (Å²) in [5.41, 5.74) is 5.41. The van der Waals surface area contributed by atoms with Gasteiger partial charge in [0.2, 0.25) is 0 Å². The highest BCUT2D eigenvalue weighted by atomic mass is 16.5. The van der Waals surface area contributed by atoms with E-state index >= 15 is 0 Å². The molecule has 6 heteroatoms. The fourth-order valence-electron chi connectivity index (χ4n) is 1.69. The molecule has 0 bridgehead atoms. The average molecular weight is 293 g/mol. The highest BCUT2D eigenvalue weighted by Crippen LogP contribution is 1.94. The van der Waals surface area contributed by atoms with E-state index in [1.807, 2.05) is 12.8 Å². The summed E-state index contributed by atoms with van der Waals surface area (Å²) in [6.45, 7) is 4.78. The highest BCUT2D eigenvalue weighted by molar-refractivity contribution is 5.93. The van der Waals surface area contributed by atoms with Crippen molar-refractivity contribution in [2.75, 3.05) is 45.9 Å². The summed E-state index contributed by atoms with van der Waals surface area (Å²) in [7, 11) is 0. The van der Waals surface area contributed by atoms with Crippen molar-refractivity contribution >= 4 is 11.8 Å². The molecule has 0 aromatic rings. The molecule has 116 valence electrons. The van der Waals surface area contributed by atoms with E-state index in [-0.39, 0.29) is 5.91 Å². The first-order valence-corrected chi connectivity index (χ1v) is 6.89. The first-order chi connectivity index (χ1) is 10.1. The van der Waals surface area contributed by atoms with Gasteiger partial charge in [0, 0.05) is 32.7 Å². The standard InChI is InChI=1S/C15H23N3O3/c1-4-8-17(14(19)5-2)10-12-21-13-11-18(9-7-16)15(20)6-3/h2-3H,4,7-13,16H2,1H3. The summed E-state index contributed by atoms with van der Waals surface area (Å²) < 4.78 is 5.41. The molecule has 0 saturated carbocycles. The molecule has 0 radical (unpaired) electrons. The monoisotopic (exact) mass is 293 g/mol. The zero-order valence-electron chi connectivity index (χ0n) is 12.5. The van der Waals surface area contributed by atoms with Gasteiger partial charge in [0.05, 0.1) is 13.2 Å². The number of nitrogens with two attached hydrogens (primary N) is 1. The average Bonchev–Trinajstić information content (AvgIpc) is 2.50. The summed E-state index contributed by atoms with van der Waals surface area (Å²) in [5.74, 6) is 3.40. The maximum Gasteiger partial charge on any atom is 0.298 e. The Bertz CT molecular complexity index is 371. The van der Waals surface area contributed by atoms with E-state index in [0.717, 1.165) is 6.42 Å². The number of hydrogen-bond acceptors (Lipinski definition) is 4. The molecule has 0 spiro atoms. The number of rotatable bonds is 10. The smallest absolute Gasteiger partial charge is 0.298 e. The van der Waals surface area contributed by atoms with Crippen molar-refractivity contribution in [3.63, 3.8) is 0 Å². The molecular formula is C15H23N3O3. The van der Waals surface area contributed by atoms with Crippen LogP contribution in [0, 0.1) is 24.7 Å². The molecule has 6 nitrogen and oxygen atoms in total. The van der Waals surface area contributed by atoms with Crippen LogP contribution in [0.15, 0.2) is 0 Å². The van der Waals surface area contributed by atoms with Crippen LogP contribution in [-0.4, -0.2) is 67.6 Å². The molecule has 21 heavy (non-hydrogen) atoms. The molecule has 0 aliphatic rings. The first kappa shape index (κ1) is 19.0. The molecule has 0 saturated heterocycles. The Kier molecular flexibility index (Phi) is 10.6. The van der Waals surface area contributed by atoms with Crippen LogP contribution >= 0.6 is 0 Å². The number of terminal acetylenes is 2. The van der Waals surface area contributed by atoms with E-state index in [0.29, 0.717) is 45.9 Å². The minimum atomic E-state index is -0.404. The summed E-state index contributed by atoms with van der Waals surface area (Å²) in [4.78, 5) is 25.8. The quantitative estimate of drug-likeness (QED) is 0.427. The van der Waals surface area contributed by atoms with E-state index in [9.17, 15) is 9.59 Å². The molecule has 0 aliphatic heterocycles. The van der Waals surface area contributed by atoms with Crippen LogP contribution < -0.4 is 5.73 Å². The third kappa shape index (κ3) is 7.98. The van der Waals surface area contributed by atoms with Gasteiger partial charge in [-0.15, -0.1) is 12.8 Å². The summed E-state index contributed by atoms with van der Waals surface area (Å²) >= 11 is 0. The van der Waals surface area contributed by atoms with E-state index in [1.165, 1.54) is 4.90 Å². The molecule has 0 aliphatic carbocycles. The minimum absolute atomic E-state index is 0.331. The zero-order valence-corrected chi connectivity index (χ0v) is 12.5. The molecule has 0 unspecified atom stereocenters. The Balaban J connectivity index is 4.02. The number of carbonyl (C=O) groups is 2. The number of ether oxygens (including phenoxy) is 1. The third-order valence-corrected chi connectivity index (χ3v) is 2.73. The molecule has 2 amide bonds. The van der Waals surface area contributed by atoms with Crippen LogP contribution in [0.2, 0.25) is 0 Å². The lowest BCUT2D eigenvalue weighted by Gasteiger charge is -2.21. The maximum absolute atomic E-state index is 11.4. The van der Waals surface area contributed by atoms with Gasteiger partial charge in [0.1, 0.15) is 0 Å². The molecule has 0 rings (SSSR count). The summed E-state index contributed by atoms with van der Waals surface area (Å²) in [6.07, 6.45) is 11.0. The zero-order chi connectivity index (χ0) is 16.1. The Morgan fingerprint density at radius 3 is 1.86 bits per heavy atom. The van der Waals surface area contributed by atoms with Crippen molar-refractivity contribution in [2.24, 2.45) is 5.73 Å². The maximum atomic E-state index is 11.4. The van der Waals surface area contributed by atoms with E-state index in [1.54, 1.807) is 4.90 Å². The van der Waals surface area contributed by atoms with Gasteiger partial charge in [0.25, 0.3) is 11.8 Å². The topological polar surface area (TPSA) is 75.9 Å². The second kappa shape index (κ2) is 11.8. The van der Waals surface area contributed by atoms with E-state index in [4.69, 9.17) is 23.3 Å². The van der Waals surface area contributed by atoms with Crippen LogP contribution in [-0.2, 0) is 14.3 Å². The lowest BCUT2D eigenvalue weighted by atomic mass is 10.4. The molecule has 0 heterocycles. The fourth-order valence-corrected chi connectivity index (χ4v) is 1.69. The SMILES string of the molecule is C#CC(=O)N(CCC)CCOCCN(CCN)C(=O)C#C. The predicted octanol–water partition coefficient (Wildman–Crippen LogP) is -0.705. The summed E-state index contributed by atoms with van der Waals surface area (Å²) in [6, 6.07) is 0. The van der Waals surface area contributed by atoms with Crippen LogP contribution in [0.5, 0.6) is 0 Å². The third-order valence-electron chi connectivity index (χ3n) is 2.73. The van der Waals surface area contributed by atoms with Crippen molar-refractivity contribution in [1.82, 2.24) is 9.80 Å². The van der Waals surface area contributed by atoms with Gasteiger partial charge in [-0.1, -0.05) is 6.92 Å². The van der Waals surface area contributed by atoms with E-state index < -0.39 is 5.91 Å². The van der Waals surface area contributed by atoms with Gasteiger partial charge in [-0.25, -0.2) is 0 Å². The highest BCUT2D eigenvalue weighted by Gasteiger charge is 2.11. The Morgan fingerprint density at radius 2 is 1.48 bits per heavy atom. The molecular weight excluding hydrogens is 270 g/mol. The normalized spacial score (nSPS) is 9.52. The van der Waals surface area contributed by atoms with Gasteiger partial charge >= 0.3 is 0 Å². The predicted molar refractivity (Wildman–Crippen MR) is 81.0 cm³/mol. The lowest BCUT2D eigenvalue weighted by molar-refractivity contribution is -0.126. The van der Waals surface area contributed by atoms with Crippen molar-refractivity contribution < 1.29 is 14.3 Å². The molecule has 2 N–H and O–H groups in total. The van der Waals surface area contributed by atoms with Crippen molar-refractivity contribution in [2.45, 2.75) is 13.3 Å². The number of hydrogen-bond donors (Lipinski definition) is 1. The van der Waals surface area contributed by atoms with Crippen molar-refractivity contribution in [3.8, 4) is 24.7 Å². The second-order valence-corrected chi connectivity index (χ2v) is 4.27. The Labute approximate surface area is 126 Å². The Hall–Kier alpha value is -2.02. The largest absolute Gasteiger partial charge is 0.378 e. The molecule has 0 aromatic heterocycles. The number of amides is 2. The van der Waals surface area contributed by atoms with Crippen LogP contribution in [0.4, 0.5) is 0 Å². The van der Waals surface area contributed by atoms with E-state index in [2.05, 4.69) is 5.92 Å². The summed E-state index contributed by atoms with van der Waals surface area (Å²) in [5, 5.41) is 0. The van der Waals surface area contributed by atoms with Gasteiger partial charge in [-0.3, -0.25) is 9.59 Å². The van der Waals surface area contributed by atoms with Crippen LogP contribution in [0.1, 0.15) is 13.3 Å². The van der Waals surface area contributed by atoms with Crippen molar-refractivity contribution in [3.05, 3.63) is 0 Å². The van der Waals surface area contributed by atoms with Crippen molar-refractivity contribution in [1.29, 1.82) is 0 Å². The van der Waals surface area contributed by atoms with Gasteiger partial charge in [-0.2, -0.15) is 0 Å². The van der Waals surface area contributed by atoms with Crippen LogP contribution in [0.25, 0.3) is 0 Å². The molecule has 0 aromatic carbocycles. The number of nitrogens with zero attached hydrogens (tertiary/aromatic N) is 2. The minimum Gasteiger partial charge on any atom is -0.378 e. The Morgan fingerprint density at radius 1 is 1.00 bits per heavy atom. The first-order valence-electron chi connectivity index (χ1n) is 6.89. The number of carbonyl (C=O) groups excluding carboxylic acids is 2. The van der Waals surface area contributed by atoms with Gasteiger partial charge in [0.15, 0.2) is 0 Å². The van der Waals surface area contributed by atoms with Crippen LogP contribution in [0.3, 0.4) is 0 Å². The lowest BCUT2D eigenvalue weighted by Crippen LogP contribution is -2.38. The molecule has 0 atom stereocenters. The second-order valence-electron chi connectivity index (χ2n) is 4.27. The van der Waals surface area contributed by atoms with Gasteiger partial charge < -0.3 is 20.3 Å². The van der Waals surface area contributed by atoms with Gasteiger partial charge in [-0.05, 0) is 18.3 Å². The molecule has 0 fully saturated rings.